The van der Waals surface area contributed by atoms with Gasteiger partial charge in [-0.2, -0.15) is 8.42 Å². The lowest BCUT2D eigenvalue weighted by Crippen LogP contribution is -2.50. The molecule has 2 aromatic carbocycles. The minimum atomic E-state index is -4.10. The van der Waals surface area contributed by atoms with Crippen LogP contribution in [0.15, 0.2) is 75.1 Å². The summed E-state index contributed by atoms with van der Waals surface area (Å²) in [5.74, 6) is -0.325. The summed E-state index contributed by atoms with van der Waals surface area (Å²) in [5, 5.41) is 0. The van der Waals surface area contributed by atoms with Crippen molar-refractivity contribution in [2.24, 2.45) is 4.99 Å². The van der Waals surface area contributed by atoms with Crippen LogP contribution in [0.5, 0.6) is 0 Å². The van der Waals surface area contributed by atoms with Gasteiger partial charge in [-0.1, -0.05) is 36.0 Å². The molecule has 2 unspecified atom stereocenters. The van der Waals surface area contributed by atoms with E-state index in [2.05, 4.69) is 26.9 Å². The number of anilines is 2. The van der Waals surface area contributed by atoms with Crippen molar-refractivity contribution in [1.29, 1.82) is 0 Å². The Kier molecular flexibility index (Phi) is 5.42. The summed E-state index contributed by atoms with van der Waals surface area (Å²) < 4.78 is 32.7. The largest absolute Gasteiger partial charge is 0.355 e. The van der Waals surface area contributed by atoms with E-state index >= 15 is 0 Å². The second-order valence-electron chi connectivity index (χ2n) is 7.18. The predicted molar refractivity (Wildman–Crippen MR) is 118 cm³/mol. The SMILES string of the molecule is CC1=CC=NC(C(CCS(=O)(=O)O)N2c3ccccc3Sc3ccccc32)N1C. The van der Waals surface area contributed by atoms with Gasteiger partial charge in [0.15, 0.2) is 0 Å². The van der Waals surface area contributed by atoms with Crippen LogP contribution in [0, 0.1) is 0 Å². The van der Waals surface area contributed by atoms with E-state index in [1.165, 1.54) is 0 Å². The summed E-state index contributed by atoms with van der Waals surface area (Å²) in [6.07, 6.45) is 3.67. The van der Waals surface area contributed by atoms with Crippen LogP contribution in [0.4, 0.5) is 11.4 Å². The maximum atomic E-state index is 11.6. The molecule has 152 valence electrons. The maximum Gasteiger partial charge on any atom is 0.264 e. The molecule has 0 fully saturated rings. The number of fused-ring (bicyclic) bond motifs is 2. The van der Waals surface area contributed by atoms with E-state index in [0.29, 0.717) is 0 Å². The van der Waals surface area contributed by atoms with Crippen LogP contribution in [0.3, 0.4) is 0 Å². The highest BCUT2D eigenvalue weighted by molar-refractivity contribution is 7.99. The van der Waals surface area contributed by atoms with Gasteiger partial charge in [-0.3, -0.25) is 9.55 Å². The monoisotopic (exact) mass is 429 g/mol. The molecule has 4 rings (SSSR count). The van der Waals surface area contributed by atoms with E-state index in [1.54, 1.807) is 18.0 Å². The standard InChI is InChI=1S/C21H23N3O3S2/c1-15-11-13-22-21(23(15)2)18(12-14-29(25,26)27)24-16-7-3-5-9-19(16)28-20-10-6-4-8-17(20)24/h3-11,13,18,21H,12,14H2,1-2H3,(H,25,26,27). The third kappa shape index (κ3) is 4.05. The van der Waals surface area contributed by atoms with Gasteiger partial charge in [0.2, 0.25) is 0 Å². The van der Waals surface area contributed by atoms with E-state index in [9.17, 15) is 13.0 Å². The molecule has 1 N–H and O–H groups in total. The molecule has 2 aromatic rings. The first kappa shape index (κ1) is 20.0. The van der Waals surface area contributed by atoms with Crippen molar-refractivity contribution in [3.05, 3.63) is 60.3 Å². The van der Waals surface area contributed by atoms with Crippen LogP contribution >= 0.6 is 11.8 Å². The fourth-order valence-corrected chi connectivity index (χ4v) is 5.41. The van der Waals surface area contributed by atoms with Gasteiger partial charge in [0.05, 0.1) is 23.2 Å². The molecule has 0 radical (unpaired) electrons. The van der Waals surface area contributed by atoms with Gasteiger partial charge in [0, 0.05) is 28.8 Å². The summed E-state index contributed by atoms with van der Waals surface area (Å²) in [5.41, 5.74) is 3.09. The fourth-order valence-electron chi connectivity index (χ4n) is 3.79. The molecule has 0 aromatic heterocycles. The van der Waals surface area contributed by atoms with Crippen molar-refractivity contribution in [2.75, 3.05) is 17.7 Å². The van der Waals surface area contributed by atoms with Crippen LogP contribution in [0.25, 0.3) is 0 Å². The Hall–Kier alpha value is -2.29. The Morgan fingerprint density at radius 1 is 1.10 bits per heavy atom. The summed E-state index contributed by atoms with van der Waals surface area (Å²) in [6, 6.07) is 15.9. The number of hydrogen-bond acceptors (Lipinski definition) is 6. The van der Waals surface area contributed by atoms with E-state index in [1.807, 2.05) is 56.4 Å². The maximum absolute atomic E-state index is 11.6. The molecule has 2 aliphatic rings. The summed E-state index contributed by atoms with van der Waals surface area (Å²) in [6.45, 7) is 2.01. The topological polar surface area (TPSA) is 73.2 Å². The number of aliphatic imine (C=N–C) groups is 1. The van der Waals surface area contributed by atoms with Crippen molar-refractivity contribution < 1.29 is 13.0 Å². The van der Waals surface area contributed by atoms with Crippen molar-refractivity contribution in [1.82, 2.24) is 4.90 Å². The molecule has 2 atom stereocenters. The number of rotatable bonds is 5. The second kappa shape index (κ2) is 7.85. The molecule has 2 aliphatic heterocycles. The van der Waals surface area contributed by atoms with Gasteiger partial charge < -0.3 is 9.80 Å². The van der Waals surface area contributed by atoms with E-state index < -0.39 is 10.1 Å². The third-order valence-corrected chi connectivity index (χ3v) is 7.21. The number of nitrogens with zero attached hydrogens (tertiary/aromatic N) is 3. The molecule has 6 nitrogen and oxygen atoms in total. The Morgan fingerprint density at radius 3 is 2.28 bits per heavy atom. The first-order valence-corrected chi connectivity index (χ1v) is 11.8. The van der Waals surface area contributed by atoms with Crippen LogP contribution in [-0.2, 0) is 10.1 Å². The summed E-state index contributed by atoms with van der Waals surface area (Å²) in [4.78, 5) is 11.1. The molecule has 2 heterocycles. The molecule has 0 aliphatic carbocycles. The van der Waals surface area contributed by atoms with Crippen molar-refractivity contribution >= 4 is 39.5 Å². The Bertz CT molecular complexity index is 1040. The normalized spacial score (nSPS) is 19.4. The van der Waals surface area contributed by atoms with Crippen molar-refractivity contribution in [2.45, 2.75) is 35.3 Å². The smallest absolute Gasteiger partial charge is 0.264 e. The van der Waals surface area contributed by atoms with Gasteiger partial charge in [-0.05, 0) is 43.7 Å². The van der Waals surface area contributed by atoms with E-state index in [-0.39, 0.29) is 24.4 Å². The molecular weight excluding hydrogens is 406 g/mol. The molecule has 0 saturated heterocycles. The number of benzene rings is 2. The van der Waals surface area contributed by atoms with Crippen molar-refractivity contribution in [3.8, 4) is 0 Å². The van der Waals surface area contributed by atoms with Crippen LogP contribution < -0.4 is 4.90 Å². The number of allylic oxidation sites excluding steroid dienone is 2. The van der Waals surface area contributed by atoms with Crippen LogP contribution in [0.1, 0.15) is 13.3 Å². The molecule has 0 saturated carbocycles. The van der Waals surface area contributed by atoms with Gasteiger partial charge >= 0.3 is 0 Å². The number of likely N-dealkylation sites (N-methyl/N-ethyl adjacent to an activating group) is 1. The lowest BCUT2D eigenvalue weighted by atomic mass is 10.0. The quantitative estimate of drug-likeness (QED) is 0.719. The summed E-state index contributed by atoms with van der Waals surface area (Å²) in [7, 11) is -2.14. The van der Waals surface area contributed by atoms with Gasteiger partial charge in [0.25, 0.3) is 10.1 Å². The Morgan fingerprint density at radius 2 is 1.69 bits per heavy atom. The molecule has 0 spiro atoms. The Balaban J connectivity index is 1.84. The fraction of sp³-hybridized carbons (Fsp3) is 0.286. The predicted octanol–water partition coefficient (Wildman–Crippen LogP) is 4.18. The number of para-hydroxylation sites is 2. The van der Waals surface area contributed by atoms with E-state index in [0.717, 1.165) is 26.9 Å². The minimum Gasteiger partial charge on any atom is -0.355 e. The molecular formula is C21H23N3O3S2. The number of hydrogen-bond donors (Lipinski definition) is 1. The molecule has 0 bridgehead atoms. The van der Waals surface area contributed by atoms with Crippen LogP contribution in [0.2, 0.25) is 0 Å². The van der Waals surface area contributed by atoms with Crippen LogP contribution in [-0.4, -0.2) is 49.1 Å². The average Bonchev–Trinajstić information content (AvgIpc) is 2.69. The molecule has 8 heteroatoms. The summed E-state index contributed by atoms with van der Waals surface area (Å²) >= 11 is 1.70. The first-order valence-electron chi connectivity index (χ1n) is 9.38. The zero-order valence-electron chi connectivity index (χ0n) is 16.3. The minimum absolute atomic E-state index is 0.242. The molecule has 29 heavy (non-hydrogen) atoms. The zero-order chi connectivity index (χ0) is 20.6. The van der Waals surface area contributed by atoms with Crippen molar-refractivity contribution in [3.63, 3.8) is 0 Å². The highest BCUT2D eigenvalue weighted by atomic mass is 32.2. The highest BCUT2D eigenvalue weighted by Crippen LogP contribution is 2.49. The van der Waals surface area contributed by atoms with Gasteiger partial charge in [0.1, 0.15) is 6.17 Å². The highest BCUT2D eigenvalue weighted by Gasteiger charge is 2.36. The van der Waals surface area contributed by atoms with E-state index in [4.69, 9.17) is 0 Å². The Labute approximate surface area is 175 Å². The average molecular weight is 430 g/mol. The lowest BCUT2D eigenvalue weighted by Gasteiger charge is -2.44. The molecule has 0 amide bonds. The first-order chi connectivity index (χ1) is 13.8. The third-order valence-electron chi connectivity index (χ3n) is 5.32. The van der Waals surface area contributed by atoms with Gasteiger partial charge in [-0.25, -0.2) is 0 Å². The van der Waals surface area contributed by atoms with Gasteiger partial charge in [-0.15, -0.1) is 0 Å². The second-order valence-corrected chi connectivity index (χ2v) is 9.84. The lowest BCUT2D eigenvalue weighted by molar-refractivity contribution is 0.261. The zero-order valence-corrected chi connectivity index (χ0v) is 17.9.